The number of rotatable bonds is 6. The van der Waals surface area contributed by atoms with E-state index in [2.05, 4.69) is 63.2 Å². The molecule has 0 radical (unpaired) electrons. The van der Waals surface area contributed by atoms with E-state index in [9.17, 15) is 0 Å². The third kappa shape index (κ3) is 3.36. The maximum absolute atomic E-state index is 5.69. The summed E-state index contributed by atoms with van der Waals surface area (Å²) in [6.45, 7) is 3.07. The molecule has 1 saturated heterocycles. The fourth-order valence-corrected chi connectivity index (χ4v) is 4.15. The van der Waals surface area contributed by atoms with Gasteiger partial charge in [-0.15, -0.1) is 0 Å². The second-order valence-electron chi connectivity index (χ2n) is 6.82. The smallest absolute Gasteiger partial charge is 0.170 e. The topological polar surface area (TPSA) is 42.3 Å². The van der Waals surface area contributed by atoms with Crippen LogP contribution in [0, 0.1) is 0 Å². The Kier molecular flexibility index (Phi) is 5.30. The van der Waals surface area contributed by atoms with Gasteiger partial charge in [-0.1, -0.05) is 13.0 Å². The lowest BCUT2D eigenvalue weighted by molar-refractivity contribution is 0.309. The first-order valence-corrected chi connectivity index (χ1v) is 9.93. The molecule has 1 N–H and O–H groups in total. The summed E-state index contributed by atoms with van der Waals surface area (Å²) in [4.78, 5) is 6.88. The van der Waals surface area contributed by atoms with Crippen LogP contribution in [-0.2, 0) is 0 Å². The van der Waals surface area contributed by atoms with Crippen molar-refractivity contribution in [2.24, 2.45) is 0 Å². The van der Waals surface area contributed by atoms with Gasteiger partial charge in [-0.25, -0.2) is 0 Å². The summed E-state index contributed by atoms with van der Waals surface area (Å²) < 4.78 is 7.52. The van der Waals surface area contributed by atoms with Crippen molar-refractivity contribution in [2.75, 3.05) is 13.7 Å². The minimum atomic E-state index is 0.00662. The van der Waals surface area contributed by atoms with E-state index in [0.29, 0.717) is 0 Å². The van der Waals surface area contributed by atoms with Crippen LogP contribution in [-0.4, -0.2) is 33.2 Å². The Hall–Kier alpha value is -2.86. The zero-order valence-electron chi connectivity index (χ0n) is 16.1. The molecule has 2 unspecified atom stereocenters. The van der Waals surface area contributed by atoms with Crippen LogP contribution in [0.25, 0.3) is 5.69 Å². The molecular weight excluding hydrogens is 368 g/mol. The highest BCUT2D eigenvalue weighted by atomic mass is 32.1. The molecule has 1 aliphatic rings. The molecule has 0 aliphatic carbocycles. The van der Waals surface area contributed by atoms with E-state index in [1.807, 2.05) is 30.5 Å². The van der Waals surface area contributed by atoms with Gasteiger partial charge >= 0.3 is 0 Å². The van der Waals surface area contributed by atoms with Gasteiger partial charge in [0, 0.05) is 30.3 Å². The molecule has 6 heteroatoms. The number of methoxy groups -OCH3 is 1. The Morgan fingerprint density at radius 1 is 1.11 bits per heavy atom. The van der Waals surface area contributed by atoms with Crippen molar-refractivity contribution in [3.05, 3.63) is 78.4 Å². The maximum Gasteiger partial charge on any atom is 0.170 e. The van der Waals surface area contributed by atoms with E-state index in [1.54, 1.807) is 7.11 Å². The molecule has 1 fully saturated rings. The average molecular weight is 393 g/mol. The minimum absolute atomic E-state index is 0.00662. The minimum Gasteiger partial charge on any atom is -0.497 e. The molecular formula is C22H24N4OS. The van der Waals surface area contributed by atoms with Gasteiger partial charge in [0.25, 0.3) is 0 Å². The standard InChI is InChI=1S/C22H24N4OS/c1-3-14-26-21(20(24-22(26)28)18-7-4-5-13-23-18)19-8-6-15-25(19)16-9-11-17(27-2)12-10-16/h4-13,15,20-21H,3,14H2,1-2H3,(H,24,28). The van der Waals surface area contributed by atoms with Crippen molar-refractivity contribution in [2.45, 2.75) is 25.4 Å². The van der Waals surface area contributed by atoms with Crippen LogP contribution in [0.15, 0.2) is 67.0 Å². The van der Waals surface area contributed by atoms with Gasteiger partial charge in [-0.2, -0.15) is 0 Å². The van der Waals surface area contributed by atoms with Gasteiger partial charge in [0.2, 0.25) is 0 Å². The number of thiocarbonyl (C=S) groups is 1. The van der Waals surface area contributed by atoms with E-state index < -0.39 is 0 Å². The van der Waals surface area contributed by atoms with Crippen LogP contribution in [0.3, 0.4) is 0 Å². The molecule has 0 spiro atoms. The lowest BCUT2D eigenvalue weighted by atomic mass is 10.0. The van der Waals surface area contributed by atoms with Crippen LogP contribution in [0.2, 0.25) is 0 Å². The van der Waals surface area contributed by atoms with Crippen molar-refractivity contribution in [1.82, 2.24) is 19.8 Å². The van der Waals surface area contributed by atoms with Gasteiger partial charge < -0.3 is 19.5 Å². The van der Waals surface area contributed by atoms with E-state index in [4.69, 9.17) is 17.0 Å². The van der Waals surface area contributed by atoms with E-state index in [1.165, 1.54) is 5.69 Å². The third-order valence-electron chi connectivity index (χ3n) is 5.10. The van der Waals surface area contributed by atoms with E-state index in [-0.39, 0.29) is 12.1 Å². The number of hydrogen-bond donors (Lipinski definition) is 1. The van der Waals surface area contributed by atoms with Crippen molar-refractivity contribution < 1.29 is 4.74 Å². The molecule has 0 bridgehead atoms. The number of ether oxygens (including phenoxy) is 1. The second-order valence-corrected chi connectivity index (χ2v) is 7.21. The fourth-order valence-electron chi connectivity index (χ4n) is 3.82. The van der Waals surface area contributed by atoms with Crippen molar-refractivity contribution in [3.8, 4) is 11.4 Å². The van der Waals surface area contributed by atoms with Gasteiger partial charge in [0.15, 0.2) is 5.11 Å². The van der Waals surface area contributed by atoms with Gasteiger partial charge in [-0.05, 0) is 67.2 Å². The van der Waals surface area contributed by atoms with E-state index in [0.717, 1.165) is 35.2 Å². The molecule has 0 saturated carbocycles. The number of nitrogens with zero attached hydrogens (tertiary/aromatic N) is 3. The van der Waals surface area contributed by atoms with Gasteiger partial charge in [0.05, 0.1) is 24.9 Å². The summed E-state index contributed by atoms with van der Waals surface area (Å²) in [7, 11) is 1.68. The first-order chi connectivity index (χ1) is 13.7. The molecule has 1 aromatic carbocycles. The highest BCUT2D eigenvalue weighted by Crippen LogP contribution is 2.39. The normalized spacial score (nSPS) is 18.9. The zero-order chi connectivity index (χ0) is 19.5. The second kappa shape index (κ2) is 8.02. The van der Waals surface area contributed by atoms with Gasteiger partial charge in [0.1, 0.15) is 5.75 Å². The third-order valence-corrected chi connectivity index (χ3v) is 5.45. The van der Waals surface area contributed by atoms with Crippen LogP contribution in [0.5, 0.6) is 5.75 Å². The van der Waals surface area contributed by atoms with Crippen LogP contribution < -0.4 is 10.1 Å². The van der Waals surface area contributed by atoms with Crippen LogP contribution >= 0.6 is 12.2 Å². The Morgan fingerprint density at radius 2 is 1.93 bits per heavy atom. The summed E-state index contributed by atoms with van der Waals surface area (Å²) >= 11 is 5.69. The highest BCUT2D eigenvalue weighted by Gasteiger charge is 2.40. The monoisotopic (exact) mass is 392 g/mol. The highest BCUT2D eigenvalue weighted by molar-refractivity contribution is 7.80. The first kappa shape index (κ1) is 18.5. The molecule has 144 valence electrons. The molecule has 3 heterocycles. The molecule has 28 heavy (non-hydrogen) atoms. The van der Waals surface area contributed by atoms with Crippen molar-refractivity contribution >= 4 is 17.3 Å². The maximum atomic E-state index is 5.69. The lowest BCUT2D eigenvalue weighted by Crippen LogP contribution is -2.31. The predicted octanol–water partition coefficient (Wildman–Crippen LogP) is 4.26. The van der Waals surface area contributed by atoms with Crippen LogP contribution in [0.4, 0.5) is 0 Å². The molecule has 1 aliphatic heterocycles. The molecule has 2 atom stereocenters. The predicted molar refractivity (Wildman–Crippen MR) is 115 cm³/mol. The zero-order valence-corrected chi connectivity index (χ0v) is 16.9. The number of benzene rings is 1. The molecule has 5 nitrogen and oxygen atoms in total. The Morgan fingerprint density at radius 3 is 2.61 bits per heavy atom. The first-order valence-electron chi connectivity index (χ1n) is 9.52. The van der Waals surface area contributed by atoms with Crippen molar-refractivity contribution in [1.29, 1.82) is 0 Å². The molecule has 4 rings (SSSR count). The summed E-state index contributed by atoms with van der Waals surface area (Å²) in [5, 5.41) is 4.28. The molecule has 2 aromatic heterocycles. The van der Waals surface area contributed by atoms with E-state index >= 15 is 0 Å². The SMILES string of the molecule is CCCN1C(=S)NC(c2ccccn2)C1c1cccn1-c1ccc(OC)cc1. The largest absolute Gasteiger partial charge is 0.497 e. The van der Waals surface area contributed by atoms with Crippen LogP contribution in [0.1, 0.15) is 36.8 Å². The Bertz CT molecular complexity index is 939. The molecule has 0 amide bonds. The fraction of sp³-hybridized carbons (Fsp3) is 0.273. The summed E-state index contributed by atoms with van der Waals surface area (Å²) in [5.74, 6) is 0.847. The van der Waals surface area contributed by atoms with Crippen molar-refractivity contribution in [3.63, 3.8) is 0 Å². The Balaban J connectivity index is 1.77. The summed E-state index contributed by atoms with van der Waals surface area (Å²) in [6.07, 6.45) is 4.96. The number of hydrogen-bond acceptors (Lipinski definition) is 3. The molecule has 3 aromatic rings. The summed E-state index contributed by atoms with van der Waals surface area (Å²) in [6, 6.07) is 18.5. The summed E-state index contributed by atoms with van der Waals surface area (Å²) in [5.41, 5.74) is 3.27. The Labute approximate surface area is 171 Å². The lowest BCUT2D eigenvalue weighted by Gasteiger charge is -2.28. The number of nitrogens with one attached hydrogen (secondary N) is 1. The average Bonchev–Trinajstić information content (AvgIpc) is 3.34. The number of pyridine rings is 1. The quantitative estimate of drug-likeness (QED) is 0.635. The number of aromatic nitrogens is 2. The van der Waals surface area contributed by atoms with Gasteiger partial charge in [-0.3, -0.25) is 4.98 Å².